The fourth-order valence-electron chi connectivity index (χ4n) is 6.34. The molecule has 10 aromatic rings. The summed E-state index contributed by atoms with van der Waals surface area (Å²) in [6, 6.07) is -4.47. The van der Waals surface area contributed by atoms with Gasteiger partial charge < -0.3 is 4.42 Å². The van der Waals surface area contributed by atoms with Gasteiger partial charge in [-0.1, -0.05) is 151 Å². The van der Waals surface area contributed by atoms with Crippen LogP contribution in [0.5, 0.6) is 0 Å². The molecule has 0 radical (unpaired) electrons. The van der Waals surface area contributed by atoms with Gasteiger partial charge in [0.1, 0.15) is 11.2 Å². The van der Waals surface area contributed by atoms with E-state index < -0.39 is 156 Å². The molecular weight excluding hydrogens is 593 g/mol. The monoisotopic (exact) mass is 645 g/mol. The van der Waals surface area contributed by atoms with Gasteiger partial charge in [0, 0.05) is 10.8 Å². The van der Waals surface area contributed by atoms with Crippen LogP contribution in [-0.4, -0.2) is 0 Å². The van der Waals surface area contributed by atoms with Gasteiger partial charge in [0.05, 0.1) is 31.5 Å². The van der Waals surface area contributed by atoms with Crippen LogP contribution in [0.2, 0.25) is 0 Å². The normalized spacial score (nSPS) is 18.2. The second-order valence-electron chi connectivity index (χ2n) is 11.1. The van der Waals surface area contributed by atoms with E-state index in [4.69, 9.17) is 29.1 Å². The smallest absolute Gasteiger partial charge is 0.136 e. The molecule has 0 aliphatic rings. The highest BCUT2D eigenvalue weighted by atomic mass is 16.3. The molecule has 49 heavy (non-hydrogen) atoms. The van der Waals surface area contributed by atoms with Crippen LogP contribution >= 0.6 is 0 Å². The van der Waals surface area contributed by atoms with E-state index in [9.17, 15) is 6.85 Å². The van der Waals surface area contributed by atoms with Crippen molar-refractivity contribution in [2.45, 2.75) is 0 Å². The predicted octanol–water partition coefficient (Wildman–Crippen LogP) is 13.7. The van der Waals surface area contributed by atoms with Gasteiger partial charge in [0.2, 0.25) is 0 Å². The average molecular weight is 646 g/mol. The van der Waals surface area contributed by atoms with Gasteiger partial charge in [-0.2, -0.15) is 0 Å². The first-order valence-corrected chi connectivity index (χ1v) is 15.0. The van der Waals surface area contributed by atoms with Gasteiger partial charge in [-0.25, -0.2) is 0 Å². The van der Waals surface area contributed by atoms with E-state index in [1.54, 1.807) is 36.4 Å². The van der Waals surface area contributed by atoms with Crippen molar-refractivity contribution in [1.29, 1.82) is 0 Å². The summed E-state index contributed by atoms with van der Waals surface area (Å²) in [4.78, 5) is 0. The summed E-state index contributed by atoms with van der Waals surface area (Å²) in [5.74, 6) is 0. The molecule has 1 nitrogen and oxygen atoms in total. The maximum atomic E-state index is 9.42. The Balaban J connectivity index is 1.27. The molecule has 0 N–H and O–H groups in total. The van der Waals surface area contributed by atoms with E-state index in [0.717, 1.165) is 0 Å². The SMILES string of the molecule is [2H]c1cc2c(-c3ccc4cc(-c5c([2H])c([2H])c([2H])c6oc7c([2H])c([2H])c(-c8c([2H])c([2H])c([2H])c([2H])c8[2H])c([2H])c7c56)ccc4c3)c3c([2H])c([2H])c([2H])c([2H])c3c(-c3c([2H])c([2H])c([2H])c([2H])c3[2H])c2c([2H])c1[2H]. The number of furan rings is 1. The molecule has 0 saturated heterocycles. The average Bonchev–Trinajstić information content (AvgIpc) is 3.76. The quantitative estimate of drug-likeness (QED) is 0.174. The van der Waals surface area contributed by atoms with Crippen molar-refractivity contribution in [1.82, 2.24) is 0 Å². The zero-order valence-corrected chi connectivity index (χ0v) is 24.9. The molecule has 0 unspecified atom stereocenters. The minimum absolute atomic E-state index is 0.00150. The first kappa shape index (κ1) is 13.2. The van der Waals surface area contributed by atoms with Gasteiger partial charge in [0.15, 0.2) is 0 Å². The lowest BCUT2D eigenvalue weighted by atomic mass is 9.85. The Hall–Kier alpha value is -6.44. The van der Waals surface area contributed by atoms with Crippen LogP contribution in [0.15, 0.2) is 186 Å². The van der Waals surface area contributed by atoms with Crippen molar-refractivity contribution >= 4 is 54.3 Å². The topological polar surface area (TPSA) is 13.1 Å². The summed E-state index contributed by atoms with van der Waals surface area (Å²) < 4.78 is 207. The molecule has 9 aromatic carbocycles. The van der Waals surface area contributed by atoms with E-state index in [-0.39, 0.29) is 71.3 Å². The van der Waals surface area contributed by atoms with Crippen LogP contribution in [0.25, 0.3) is 98.8 Å². The third-order valence-corrected chi connectivity index (χ3v) is 8.44. The lowest BCUT2D eigenvalue weighted by molar-refractivity contribution is 0.669. The Morgan fingerprint density at radius 2 is 0.980 bits per heavy atom. The molecule has 1 heterocycles. The predicted molar refractivity (Wildman–Crippen MR) is 208 cm³/mol. The fourth-order valence-corrected chi connectivity index (χ4v) is 6.34. The molecule has 0 spiro atoms. The Bertz CT molecular complexity index is 4140. The van der Waals surface area contributed by atoms with Crippen molar-refractivity contribution in [3.63, 3.8) is 0 Å². The molecule has 1 heteroatoms. The molecule has 1 aromatic heterocycles. The molecular formula is C48H30O. The number of hydrogen-bond donors (Lipinski definition) is 0. The lowest BCUT2D eigenvalue weighted by Crippen LogP contribution is -1.90. The first-order valence-electron chi connectivity index (χ1n) is 26.5. The van der Waals surface area contributed by atoms with Crippen LogP contribution in [0.3, 0.4) is 0 Å². The standard InChI is InChI=1S/C48H30O/c1-3-12-31(13-4-1)35-26-27-44-43(30-35)48-38(20-11-21-45(48)49-44)36-24-22-34-29-37(25-23-33(34)28-36)47-41-18-9-7-16-39(41)46(32-14-5-2-6-15-32)40-17-8-10-19-42(40)47/h1-30H/i1D,2D,3D,4D,5D,6D,7D,8D,9D,10D,11D,12D,13D,14D,15D,16D,17D,18D,20D,21D,26D,27D,30D. The van der Waals surface area contributed by atoms with E-state index in [0.29, 0.717) is 10.8 Å². The van der Waals surface area contributed by atoms with Crippen LogP contribution < -0.4 is 0 Å². The van der Waals surface area contributed by atoms with E-state index >= 15 is 0 Å². The molecule has 0 aliphatic heterocycles. The third kappa shape index (κ3) is 4.47. The van der Waals surface area contributed by atoms with Gasteiger partial charge in [-0.15, -0.1) is 0 Å². The van der Waals surface area contributed by atoms with Crippen molar-refractivity contribution in [2.75, 3.05) is 0 Å². The van der Waals surface area contributed by atoms with Gasteiger partial charge in [-0.3, -0.25) is 0 Å². The molecule has 0 bridgehead atoms. The molecule has 0 atom stereocenters. The number of hydrogen-bond acceptors (Lipinski definition) is 1. The minimum Gasteiger partial charge on any atom is -0.456 e. The van der Waals surface area contributed by atoms with E-state index in [1.807, 2.05) is 0 Å². The first-order chi connectivity index (χ1) is 33.8. The number of fused-ring (bicyclic) bond motifs is 6. The zero-order chi connectivity index (χ0) is 52.3. The Labute approximate surface area is 316 Å². The van der Waals surface area contributed by atoms with Crippen LogP contribution in [0.1, 0.15) is 31.5 Å². The molecule has 0 saturated carbocycles. The van der Waals surface area contributed by atoms with Crippen LogP contribution in [0.4, 0.5) is 0 Å². The lowest BCUT2D eigenvalue weighted by Gasteiger charge is -2.18. The Morgan fingerprint density at radius 3 is 1.73 bits per heavy atom. The maximum absolute atomic E-state index is 9.42. The highest BCUT2D eigenvalue weighted by Gasteiger charge is 2.17. The summed E-state index contributed by atoms with van der Waals surface area (Å²) in [6.07, 6.45) is 0. The second kappa shape index (κ2) is 11.1. The Kier molecular flexibility index (Phi) is 2.99. The van der Waals surface area contributed by atoms with Crippen molar-refractivity contribution in [3.8, 4) is 44.5 Å². The van der Waals surface area contributed by atoms with Crippen LogP contribution in [0, 0.1) is 0 Å². The summed E-state index contributed by atoms with van der Waals surface area (Å²) in [5.41, 5.74) is -1.96. The number of benzene rings is 9. The summed E-state index contributed by atoms with van der Waals surface area (Å²) >= 11 is 0. The largest absolute Gasteiger partial charge is 0.456 e. The molecule has 228 valence electrons. The number of rotatable bonds is 4. The molecule has 0 fully saturated rings. The highest BCUT2D eigenvalue weighted by molar-refractivity contribution is 6.22. The molecule has 0 aliphatic carbocycles. The summed E-state index contributed by atoms with van der Waals surface area (Å²) in [5, 5.41) is -0.0654. The van der Waals surface area contributed by atoms with E-state index in [2.05, 4.69) is 0 Å². The maximum Gasteiger partial charge on any atom is 0.136 e. The summed E-state index contributed by atoms with van der Waals surface area (Å²) in [6.45, 7) is 0. The van der Waals surface area contributed by atoms with Gasteiger partial charge >= 0.3 is 0 Å². The molecule has 0 amide bonds. The van der Waals surface area contributed by atoms with Gasteiger partial charge in [0.25, 0.3) is 0 Å². The summed E-state index contributed by atoms with van der Waals surface area (Å²) in [7, 11) is 0. The minimum atomic E-state index is -0.754. The van der Waals surface area contributed by atoms with Crippen molar-refractivity contribution in [3.05, 3.63) is 181 Å². The van der Waals surface area contributed by atoms with E-state index in [1.165, 1.54) is 6.07 Å². The van der Waals surface area contributed by atoms with Crippen molar-refractivity contribution in [2.24, 2.45) is 0 Å². The zero-order valence-electron chi connectivity index (χ0n) is 47.9. The second-order valence-corrected chi connectivity index (χ2v) is 11.1. The van der Waals surface area contributed by atoms with Crippen molar-refractivity contribution < 1.29 is 35.9 Å². The van der Waals surface area contributed by atoms with Gasteiger partial charge in [-0.05, 0) is 107 Å². The van der Waals surface area contributed by atoms with Crippen LogP contribution in [-0.2, 0) is 0 Å². The third-order valence-electron chi connectivity index (χ3n) is 8.44. The Morgan fingerprint density at radius 1 is 0.367 bits per heavy atom. The molecule has 10 rings (SSSR count). The highest BCUT2D eigenvalue weighted by Crippen LogP contribution is 2.45. The fraction of sp³-hybridized carbons (Fsp3) is 0.